The van der Waals surface area contributed by atoms with Gasteiger partial charge in [0.15, 0.2) is 6.10 Å². The maximum Gasteiger partial charge on any atom is 0.469 e. The van der Waals surface area contributed by atoms with Gasteiger partial charge in [0, 0.05) is 12.8 Å². The van der Waals surface area contributed by atoms with Gasteiger partial charge in [0.25, 0.3) is 0 Å². The molecule has 53 heavy (non-hydrogen) atoms. The lowest BCUT2D eigenvalue weighted by atomic mass is 10.0. The molecule has 10 nitrogen and oxygen atoms in total. The van der Waals surface area contributed by atoms with Crippen LogP contribution in [-0.2, 0) is 28.2 Å². The van der Waals surface area contributed by atoms with Crippen LogP contribution in [0.4, 0.5) is 0 Å². The molecule has 0 aliphatic heterocycles. The maximum atomic E-state index is 12.4. The topological polar surface area (TPSA) is 160 Å². The molecule has 0 saturated heterocycles. The summed E-state index contributed by atoms with van der Waals surface area (Å²) in [7, 11) is -4.79. The number of phosphoric acid groups is 1. The van der Waals surface area contributed by atoms with Crippen molar-refractivity contribution >= 4 is 19.8 Å². The molecule has 0 aromatic rings. The Balaban J connectivity index is 3.98. The highest BCUT2D eigenvalue weighted by Crippen LogP contribution is 2.36. The normalized spacial score (nSPS) is 13.7. The minimum atomic E-state index is -4.79. The van der Waals surface area contributed by atoms with E-state index in [0.717, 1.165) is 57.8 Å². The third kappa shape index (κ3) is 38.8. The van der Waals surface area contributed by atoms with Crippen LogP contribution in [0.25, 0.3) is 0 Å². The Morgan fingerprint density at radius 1 is 0.547 bits per heavy atom. The van der Waals surface area contributed by atoms with Crippen LogP contribution in [0.1, 0.15) is 213 Å². The molecular weight excluding hydrogens is 695 g/mol. The minimum absolute atomic E-state index is 0.172. The summed E-state index contributed by atoms with van der Waals surface area (Å²) in [6, 6.07) is 0. The fourth-order valence-electron chi connectivity index (χ4n) is 6.34. The van der Waals surface area contributed by atoms with Gasteiger partial charge in [-0.25, -0.2) is 4.57 Å². The van der Waals surface area contributed by atoms with Gasteiger partial charge in [-0.05, 0) is 38.5 Å². The molecule has 11 heteroatoms. The Bertz CT molecular complexity index is 908. The van der Waals surface area contributed by atoms with Crippen molar-refractivity contribution in [1.82, 2.24) is 0 Å². The zero-order valence-electron chi connectivity index (χ0n) is 33.9. The van der Waals surface area contributed by atoms with E-state index in [-0.39, 0.29) is 19.4 Å². The number of carbonyl (C=O) groups excluding carboxylic acids is 2. The quantitative estimate of drug-likeness (QED) is 0.0204. The number of carbonyl (C=O) groups is 2. The number of allylic oxidation sites excluding steroid dienone is 1. The average Bonchev–Trinajstić information content (AvgIpc) is 3.12. The predicted octanol–water partition coefficient (Wildman–Crippen LogP) is 11.0. The van der Waals surface area contributed by atoms with Crippen molar-refractivity contribution in [3.63, 3.8) is 0 Å². The molecule has 0 aromatic heterocycles. The zero-order valence-corrected chi connectivity index (χ0v) is 34.8. The first-order valence-corrected chi connectivity index (χ1v) is 23.2. The number of phosphoric ester groups is 1. The smallest absolute Gasteiger partial charge is 0.462 e. The number of hydrogen-bond acceptors (Lipinski definition) is 8. The van der Waals surface area contributed by atoms with Gasteiger partial charge < -0.3 is 29.5 Å². The van der Waals surface area contributed by atoms with Crippen LogP contribution in [0.15, 0.2) is 12.2 Å². The van der Waals surface area contributed by atoms with Crippen molar-refractivity contribution in [2.45, 2.75) is 231 Å². The number of aliphatic hydroxyl groups excluding tert-OH is 2. The SMILES string of the molecule is CCCCC/C=C\C[C@@H](O)[C@H](O)CCCCCCCC(=O)OC[C@H](COP(=O)(O)O)OC(=O)CCCCCCCCCCCCCCCCCCCC. The summed E-state index contributed by atoms with van der Waals surface area (Å²) in [5, 5.41) is 20.3. The van der Waals surface area contributed by atoms with E-state index in [1.54, 1.807) is 0 Å². The van der Waals surface area contributed by atoms with Crippen LogP contribution < -0.4 is 0 Å². The van der Waals surface area contributed by atoms with Gasteiger partial charge in [0.1, 0.15) is 6.61 Å². The van der Waals surface area contributed by atoms with Gasteiger partial charge in [-0.2, -0.15) is 0 Å². The van der Waals surface area contributed by atoms with Crippen molar-refractivity contribution < 1.29 is 48.2 Å². The fourth-order valence-corrected chi connectivity index (χ4v) is 6.70. The van der Waals surface area contributed by atoms with Crippen molar-refractivity contribution in [2.75, 3.05) is 13.2 Å². The largest absolute Gasteiger partial charge is 0.469 e. The van der Waals surface area contributed by atoms with Crippen LogP contribution in [0.3, 0.4) is 0 Å². The standard InChI is InChI=1S/C42H81O10P/c1-3-5-7-9-11-12-13-14-15-16-17-18-19-20-21-22-26-31-35-42(46)52-38(37-51-53(47,48)49)36-50-41(45)34-30-27-23-25-29-33-40(44)39(43)32-28-24-10-8-6-4-2/h24,28,38-40,43-44H,3-23,25-27,29-37H2,1-2H3,(H2,47,48,49)/b28-24-/t38-,39-,40-/m1/s1. The van der Waals surface area contributed by atoms with Gasteiger partial charge in [0.2, 0.25) is 0 Å². The third-order valence-electron chi connectivity index (χ3n) is 9.73. The highest BCUT2D eigenvalue weighted by Gasteiger charge is 2.23. The molecule has 0 bridgehead atoms. The number of unbranched alkanes of at least 4 members (excludes halogenated alkanes) is 24. The lowest BCUT2D eigenvalue weighted by Gasteiger charge is -2.18. The summed E-state index contributed by atoms with van der Waals surface area (Å²) >= 11 is 0. The molecule has 0 spiro atoms. The maximum absolute atomic E-state index is 12.4. The molecule has 0 fully saturated rings. The first kappa shape index (κ1) is 51.7. The number of esters is 2. The summed E-state index contributed by atoms with van der Waals surface area (Å²) in [6.45, 7) is 3.52. The predicted molar refractivity (Wildman–Crippen MR) is 214 cm³/mol. The molecular formula is C42H81O10P. The first-order valence-electron chi connectivity index (χ1n) is 21.6. The summed E-state index contributed by atoms with van der Waals surface area (Å²) < 4.78 is 26.3. The molecule has 0 unspecified atom stereocenters. The highest BCUT2D eigenvalue weighted by molar-refractivity contribution is 7.46. The second-order valence-corrected chi connectivity index (χ2v) is 16.2. The van der Waals surface area contributed by atoms with Crippen LogP contribution in [-0.4, -0.2) is 63.5 Å². The van der Waals surface area contributed by atoms with Crippen molar-refractivity contribution in [2.24, 2.45) is 0 Å². The molecule has 0 heterocycles. The monoisotopic (exact) mass is 777 g/mol. The molecule has 314 valence electrons. The molecule has 0 radical (unpaired) electrons. The Hall–Kier alpha value is -1.29. The van der Waals surface area contributed by atoms with E-state index in [4.69, 9.17) is 19.3 Å². The molecule has 0 aromatic carbocycles. The summed E-state index contributed by atoms with van der Waals surface area (Å²) in [4.78, 5) is 42.9. The van der Waals surface area contributed by atoms with Crippen LogP contribution in [0, 0.1) is 0 Å². The summed E-state index contributed by atoms with van der Waals surface area (Å²) in [5.74, 6) is -0.986. The van der Waals surface area contributed by atoms with E-state index in [1.807, 2.05) is 6.08 Å². The Morgan fingerprint density at radius 3 is 1.47 bits per heavy atom. The van der Waals surface area contributed by atoms with E-state index >= 15 is 0 Å². The molecule has 0 saturated carbocycles. The molecule has 4 N–H and O–H groups in total. The van der Waals surface area contributed by atoms with Crippen molar-refractivity contribution in [3.8, 4) is 0 Å². The van der Waals surface area contributed by atoms with E-state index in [2.05, 4.69) is 24.4 Å². The van der Waals surface area contributed by atoms with E-state index < -0.39 is 44.7 Å². The number of ether oxygens (including phenoxy) is 2. The van der Waals surface area contributed by atoms with E-state index in [1.165, 1.54) is 103 Å². The summed E-state index contributed by atoms with van der Waals surface area (Å²) in [5.41, 5.74) is 0. The van der Waals surface area contributed by atoms with Gasteiger partial charge in [-0.3, -0.25) is 14.1 Å². The second-order valence-electron chi connectivity index (χ2n) is 15.0. The first-order chi connectivity index (χ1) is 25.6. The van der Waals surface area contributed by atoms with Crippen molar-refractivity contribution in [3.05, 3.63) is 12.2 Å². The number of hydrogen-bond donors (Lipinski definition) is 4. The van der Waals surface area contributed by atoms with E-state index in [9.17, 15) is 24.4 Å². The lowest BCUT2D eigenvalue weighted by Crippen LogP contribution is -2.29. The minimum Gasteiger partial charge on any atom is -0.462 e. The van der Waals surface area contributed by atoms with Crippen LogP contribution >= 0.6 is 7.82 Å². The zero-order chi connectivity index (χ0) is 39.3. The molecule has 0 rings (SSSR count). The Kier molecular flexibility index (Phi) is 36.7. The van der Waals surface area contributed by atoms with Crippen molar-refractivity contribution in [1.29, 1.82) is 0 Å². The van der Waals surface area contributed by atoms with Gasteiger partial charge >= 0.3 is 19.8 Å². The third-order valence-corrected chi connectivity index (χ3v) is 10.2. The van der Waals surface area contributed by atoms with Crippen LogP contribution in [0.5, 0.6) is 0 Å². The molecule has 0 aliphatic carbocycles. The van der Waals surface area contributed by atoms with Crippen LogP contribution in [0.2, 0.25) is 0 Å². The van der Waals surface area contributed by atoms with Gasteiger partial charge in [0.05, 0.1) is 18.8 Å². The Labute approximate surface area is 323 Å². The highest BCUT2D eigenvalue weighted by atomic mass is 31.2. The van der Waals surface area contributed by atoms with Gasteiger partial charge in [-0.1, -0.05) is 174 Å². The molecule has 3 atom stereocenters. The fraction of sp³-hybridized carbons (Fsp3) is 0.905. The number of aliphatic hydroxyl groups is 2. The molecule has 0 amide bonds. The Morgan fingerprint density at radius 2 is 0.981 bits per heavy atom. The molecule has 0 aliphatic rings. The average molecular weight is 777 g/mol. The van der Waals surface area contributed by atoms with E-state index in [0.29, 0.717) is 25.7 Å². The lowest BCUT2D eigenvalue weighted by molar-refractivity contribution is -0.161. The second kappa shape index (κ2) is 37.6. The van der Waals surface area contributed by atoms with Gasteiger partial charge in [-0.15, -0.1) is 0 Å². The number of rotatable bonds is 40. The summed E-state index contributed by atoms with van der Waals surface area (Å²) in [6.07, 6.45) is 33.8.